The zero-order valence-electron chi connectivity index (χ0n) is 13.0. The Balaban J connectivity index is 2.25. The van der Waals surface area contributed by atoms with Crippen molar-refractivity contribution in [3.8, 4) is 5.75 Å². The van der Waals surface area contributed by atoms with Gasteiger partial charge in [-0.25, -0.2) is 4.79 Å². The molecular weight excluding hydrogens is 266 g/mol. The Morgan fingerprint density at radius 2 is 2.05 bits per heavy atom. The molecule has 0 aliphatic rings. The minimum absolute atomic E-state index is 0.0214. The number of aromatic nitrogens is 2. The number of nitrogens with one attached hydrogen (secondary N) is 1. The second kappa shape index (κ2) is 6.63. The molecule has 0 aliphatic carbocycles. The topological polar surface area (TPSA) is 48.2 Å². The molecule has 1 unspecified atom stereocenters. The van der Waals surface area contributed by atoms with Crippen molar-refractivity contribution >= 4 is 0 Å². The van der Waals surface area contributed by atoms with Crippen LogP contribution in [0.25, 0.3) is 0 Å². The van der Waals surface area contributed by atoms with Gasteiger partial charge in [0.1, 0.15) is 5.75 Å². The Morgan fingerprint density at radius 1 is 1.29 bits per heavy atom. The summed E-state index contributed by atoms with van der Waals surface area (Å²) >= 11 is 0. The molecule has 0 aliphatic heterocycles. The summed E-state index contributed by atoms with van der Waals surface area (Å²) in [6.07, 6.45) is 3.68. The van der Waals surface area contributed by atoms with E-state index in [0.717, 1.165) is 11.3 Å². The van der Waals surface area contributed by atoms with Crippen LogP contribution in [0.4, 0.5) is 0 Å². The second-order valence-electron chi connectivity index (χ2n) is 5.35. The van der Waals surface area contributed by atoms with E-state index in [0.29, 0.717) is 6.54 Å². The second-order valence-corrected chi connectivity index (χ2v) is 5.35. The molecule has 2 rings (SSSR count). The number of benzene rings is 1. The SMILES string of the molecule is CNC(Cn1ccn(C(C)C)c1=O)c1cccc(OC)c1. The van der Waals surface area contributed by atoms with E-state index in [1.807, 2.05) is 57.6 Å². The van der Waals surface area contributed by atoms with E-state index >= 15 is 0 Å². The van der Waals surface area contributed by atoms with Gasteiger partial charge in [0.2, 0.25) is 0 Å². The van der Waals surface area contributed by atoms with Crippen LogP contribution in [0.15, 0.2) is 41.5 Å². The smallest absolute Gasteiger partial charge is 0.328 e. The molecular formula is C16H23N3O2. The van der Waals surface area contributed by atoms with E-state index in [1.54, 1.807) is 16.2 Å². The quantitative estimate of drug-likeness (QED) is 0.887. The van der Waals surface area contributed by atoms with Crippen LogP contribution >= 0.6 is 0 Å². The highest BCUT2D eigenvalue weighted by atomic mass is 16.5. The zero-order chi connectivity index (χ0) is 15.4. The number of hydrogen-bond acceptors (Lipinski definition) is 3. The molecule has 5 nitrogen and oxygen atoms in total. The van der Waals surface area contributed by atoms with Crippen LogP contribution in [0.2, 0.25) is 0 Å². The Morgan fingerprint density at radius 3 is 2.62 bits per heavy atom. The lowest BCUT2D eigenvalue weighted by Crippen LogP contribution is -2.30. The largest absolute Gasteiger partial charge is 0.497 e. The van der Waals surface area contributed by atoms with E-state index in [2.05, 4.69) is 5.32 Å². The Hall–Kier alpha value is -2.01. The van der Waals surface area contributed by atoms with Crippen LogP contribution in [-0.4, -0.2) is 23.3 Å². The molecule has 0 saturated carbocycles. The lowest BCUT2D eigenvalue weighted by molar-refractivity contribution is 0.411. The maximum Gasteiger partial charge on any atom is 0.328 e. The van der Waals surface area contributed by atoms with Crippen LogP contribution in [0.3, 0.4) is 0 Å². The maximum absolute atomic E-state index is 12.3. The van der Waals surface area contributed by atoms with Crippen molar-refractivity contribution in [3.63, 3.8) is 0 Å². The van der Waals surface area contributed by atoms with Gasteiger partial charge in [0.05, 0.1) is 13.2 Å². The summed E-state index contributed by atoms with van der Waals surface area (Å²) in [6, 6.07) is 8.13. The van der Waals surface area contributed by atoms with Crippen LogP contribution in [0.5, 0.6) is 5.75 Å². The summed E-state index contributed by atoms with van der Waals surface area (Å²) < 4.78 is 8.73. The van der Waals surface area contributed by atoms with Crippen LogP contribution in [0.1, 0.15) is 31.5 Å². The molecule has 1 aromatic heterocycles. The predicted molar refractivity (Wildman–Crippen MR) is 83.9 cm³/mol. The van der Waals surface area contributed by atoms with Crippen molar-refractivity contribution < 1.29 is 4.74 Å². The Labute approximate surface area is 125 Å². The van der Waals surface area contributed by atoms with Gasteiger partial charge >= 0.3 is 5.69 Å². The van der Waals surface area contributed by atoms with Crippen molar-refractivity contribution in [1.82, 2.24) is 14.5 Å². The molecule has 0 spiro atoms. The molecule has 1 aromatic carbocycles. The Bertz CT molecular complexity index is 643. The van der Waals surface area contributed by atoms with Crippen molar-refractivity contribution in [1.29, 1.82) is 0 Å². The zero-order valence-corrected chi connectivity index (χ0v) is 13.0. The third kappa shape index (κ3) is 3.36. The number of nitrogens with zero attached hydrogens (tertiary/aromatic N) is 2. The number of likely N-dealkylation sites (N-methyl/N-ethyl adjacent to an activating group) is 1. The highest BCUT2D eigenvalue weighted by Crippen LogP contribution is 2.20. The first-order valence-electron chi connectivity index (χ1n) is 7.15. The molecule has 1 N–H and O–H groups in total. The number of ether oxygens (including phenoxy) is 1. The molecule has 1 heterocycles. The van der Waals surface area contributed by atoms with Gasteiger partial charge in [-0.15, -0.1) is 0 Å². The number of hydrogen-bond donors (Lipinski definition) is 1. The summed E-state index contributed by atoms with van der Waals surface area (Å²) in [5.74, 6) is 0.819. The van der Waals surface area contributed by atoms with Crippen molar-refractivity contribution in [2.24, 2.45) is 0 Å². The lowest BCUT2D eigenvalue weighted by Gasteiger charge is -2.17. The van der Waals surface area contributed by atoms with E-state index in [4.69, 9.17) is 4.74 Å². The summed E-state index contributed by atoms with van der Waals surface area (Å²) in [6.45, 7) is 4.59. The minimum Gasteiger partial charge on any atom is -0.497 e. The molecule has 0 saturated heterocycles. The third-order valence-corrected chi connectivity index (χ3v) is 3.65. The highest BCUT2D eigenvalue weighted by Gasteiger charge is 2.14. The van der Waals surface area contributed by atoms with E-state index in [-0.39, 0.29) is 17.8 Å². The molecule has 0 fully saturated rings. The highest BCUT2D eigenvalue weighted by molar-refractivity contribution is 5.30. The fraction of sp³-hybridized carbons (Fsp3) is 0.438. The van der Waals surface area contributed by atoms with E-state index < -0.39 is 0 Å². The Kier molecular flexibility index (Phi) is 4.85. The standard InChI is InChI=1S/C16H23N3O2/c1-12(2)19-9-8-18(16(19)20)11-15(17-3)13-6-5-7-14(10-13)21-4/h5-10,12,15,17H,11H2,1-4H3. The van der Waals surface area contributed by atoms with Gasteiger partial charge in [-0.2, -0.15) is 0 Å². The van der Waals surface area contributed by atoms with Crippen LogP contribution in [0, 0.1) is 0 Å². The minimum atomic E-state index is 0.0214. The van der Waals surface area contributed by atoms with Gasteiger partial charge in [0.15, 0.2) is 0 Å². The summed E-state index contributed by atoms with van der Waals surface area (Å²) in [5, 5.41) is 3.26. The first-order chi connectivity index (χ1) is 10.1. The fourth-order valence-electron chi connectivity index (χ4n) is 2.38. The number of methoxy groups -OCH3 is 1. The fourth-order valence-corrected chi connectivity index (χ4v) is 2.38. The first kappa shape index (κ1) is 15.4. The summed E-state index contributed by atoms with van der Waals surface area (Å²) in [4.78, 5) is 12.3. The van der Waals surface area contributed by atoms with Gasteiger partial charge < -0.3 is 10.1 Å². The van der Waals surface area contributed by atoms with E-state index in [9.17, 15) is 4.79 Å². The van der Waals surface area contributed by atoms with Crippen molar-refractivity contribution in [2.45, 2.75) is 32.5 Å². The third-order valence-electron chi connectivity index (χ3n) is 3.65. The molecule has 1 atom stereocenters. The normalized spacial score (nSPS) is 12.6. The van der Waals surface area contributed by atoms with Crippen molar-refractivity contribution in [3.05, 3.63) is 52.7 Å². The van der Waals surface area contributed by atoms with Crippen molar-refractivity contribution in [2.75, 3.05) is 14.2 Å². The first-order valence-corrected chi connectivity index (χ1v) is 7.15. The summed E-state index contributed by atoms with van der Waals surface area (Å²) in [7, 11) is 3.55. The van der Waals surface area contributed by atoms with E-state index in [1.165, 1.54) is 0 Å². The molecule has 0 amide bonds. The predicted octanol–water partition coefficient (Wildman–Crippen LogP) is 2.20. The molecule has 0 bridgehead atoms. The van der Waals surface area contributed by atoms with Gasteiger partial charge in [0, 0.05) is 25.0 Å². The molecule has 114 valence electrons. The molecule has 21 heavy (non-hydrogen) atoms. The van der Waals surface area contributed by atoms with Gasteiger partial charge in [-0.3, -0.25) is 9.13 Å². The number of imidazole rings is 1. The average molecular weight is 289 g/mol. The maximum atomic E-state index is 12.3. The number of rotatable bonds is 6. The van der Waals surface area contributed by atoms with Gasteiger partial charge in [-0.1, -0.05) is 12.1 Å². The van der Waals surface area contributed by atoms with Gasteiger partial charge in [-0.05, 0) is 38.6 Å². The van der Waals surface area contributed by atoms with Crippen LogP contribution < -0.4 is 15.7 Å². The molecule has 5 heteroatoms. The average Bonchev–Trinajstić information content (AvgIpc) is 2.86. The molecule has 0 radical (unpaired) electrons. The summed E-state index contributed by atoms with van der Waals surface area (Å²) in [5.41, 5.74) is 1.12. The lowest BCUT2D eigenvalue weighted by atomic mass is 10.1. The monoisotopic (exact) mass is 289 g/mol. The van der Waals surface area contributed by atoms with Gasteiger partial charge in [0.25, 0.3) is 0 Å². The molecule has 2 aromatic rings. The van der Waals surface area contributed by atoms with Crippen LogP contribution in [-0.2, 0) is 6.54 Å².